The van der Waals surface area contributed by atoms with Crippen LogP contribution in [0.4, 0.5) is 0 Å². The van der Waals surface area contributed by atoms with Gasteiger partial charge in [-0.1, -0.05) is 18.0 Å². The summed E-state index contributed by atoms with van der Waals surface area (Å²) in [6, 6.07) is 0.768. The molecule has 2 fully saturated rings. The van der Waals surface area contributed by atoms with Gasteiger partial charge in [-0.15, -0.1) is 0 Å². The van der Waals surface area contributed by atoms with Crippen LogP contribution in [0.15, 0.2) is 5.16 Å². The van der Waals surface area contributed by atoms with E-state index in [0.717, 1.165) is 19.0 Å². The Labute approximate surface area is 97.5 Å². The zero-order chi connectivity index (χ0) is 11.6. The molecule has 0 unspecified atom stereocenters. The molecule has 2 rings (SSSR count). The highest BCUT2D eigenvalue weighted by molar-refractivity contribution is 5.80. The summed E-state index contributed by atoms with van der Waals surface area (Å²) in [6.45, 7) is 1.11. The summed E-state index contributed by atoms with van der Waals surface area (Å²) in [5.41, 5.74) is 5.92. The summed E-state index contributed by atoms with van der Waals surface area (Å²) in [6.07, 6.45) is 8.64. The molecule has 0 aromatic heterocycles. The standard InChI is InChI=1S/C12H23N3O/c1-15(10-4-2-3-5-10)9-12(6-7-12)8-11(13)14-16/h10,16H,2-9H2,1H3,(H2,13,14). The van der Waals surface area contributed by atoms with Gasteiger partial charge in [-0.2, -0.15) is 0 Å². The van der Waals surface area contributed by atoms with E-state index in [-0.39, 0.29) is 0 Å². The van der Waals surface area contributed by atoms with Crippen LogP contribution in [0.3, 0.4) is 0 Å². The van der Waals surface area contributed by atoms with Gasteiger partial charge in [0.2, 0.25) is 0 Å². The fraction of sp³-hybridized carbons (Fsp3) is 0.917. The highest BCUT2D eigenvalue weighted by Gasteiger charge is 2.44. The molecule has 0 aliphatic heterocycles. The molecule has 0 aromatic carbocycles. The van der Waals surface area contributed by atoms with E-state index in [2.05, 4.69) is 17.1 Å². The molecule has 0 amide bonds. The average Bonchev–Trinajstić information content (AvgIpc) is 2.83. The van der Waals surface area contributed by atoms with E-state index < -0.39 is 0 Å². The first-order chi connectivity index (χ1) is 7.65. The van der Waals surface area contributed by atoms with Crippen molar-refractivity contribution in [3.63, 3.8) is 0 Å². The quantitative estimate of drug-likeness (QED) is 0.324. The SMILES string of the molecule is CN(CC1(CC(N)=NO)CC1)C1CCCC1. The van der Waals surface area contributed by atoms with Crippen LogP contribution >= 0.6 is 0 Å². The number of hydrogen-bond donors (Lipinski definition) is 2. The third-order valence-corrected chi connectivity index (χ3v) is 4.17. The third kappa shape index (κ3) is 2.67. The van der Waals surface area contributed by atoms with E-state index in [1.165, 1.54) is 38.5 Å². The van der Waals surface area contributed by atoms with Crippen LogP contribution < -0.4 is 5.73 Å². The number of nitrogens with zero attached hydrogens (tertiary/aromatic N) is 2. The molecule has 2 saturated carbocycles. The Morgan fingerprint density at radius 2 is 2.06 bits per heavy atom. The monoisotopic (exact) mass is 225 g/mol. The zero-order valence-electron chi connectivity index (χ0n) is 10.2. The maximum absolute atomic E-state index is 8.62. The van der Waals surface area contributed by atoms with Crippen LogP contribution in [0.1, 0.15) is 44.9 Å². The van der Waals surface area contributed by atoms with Crippen molar-refractivity contribution in [3.05, 3.63) is 0 Å². The van der Waals surface area contributed by atoms with Gasteiger partial charge in [-0.05, 0) is 38.1 Å². The van der Waals surface area contributed by atoms with Crippen molar-refractivity contribution >= 4 is 5.84 Å². The maximum atomic E-state index is 8.62. The molecule has 0 atom stereocenters. The van der Waals surface area contributed by atoms with E-state index in [9.17, 15) is 0 Å². The number of hydrogen-bond acceptors (Lipinski definition) is 3. The lowest BCUT2D eigenvalue weighted by molar-refractivity contribution is 0.199. The van der Waals surface area contributed by atoms with Crippen LogP contribution in [-0.4, -0.2) is 35.6 Å². The summed E-state index contributed by atoms with van der Waals surface area (Å²) >= 11 is 0. The van der Waals surface area contributed by atoms with Gasteiger partial charge in [-0.25, -0.2) is 0 Å². The molecule has 0 spiro atoms. The molecule has 2 aliphatic carbocycles. The van der Waals surface area contributed by atoms with Crippen molar-refractivity contribution in [3.8, 4) is 0 Å². The van der Waals surface area contributed by atoms with Gasteiger partial charge in [0.1, 0.15) is 5.84 Å². The molecular weight excluding hydrogens is 202 g/mol. The Hall–Kier alpha value is -0.770. The second-order valence-electron chi connectivity index (χ2n) is 5.62. The Morgan fingerprint density at radius 1 is 1.44 bits per heavy atom. The van der Waals surface area contributed by atoms with Crippen molar-refractivity contribution in [2.75, 3.05) is 13.6 Å². The minimum Gasteiger partial charge on any atom is -0.409 e. The van der Waals surface area contributed by atoms with Gasteiger partial charge < -0.3 is 15.8 Å². The zero-order valence-corrected chi connectivity index (χ0v) is 10.2. The average molecular weight is 225 g/mol. The number of amidine groups is 1. The van der Waals surface area contributed by atoms with Crippen LogP contribution in [0, 0.1) is 5.41 Å². The smallest absolute Gasteiger partial charge is 0.139 e. The summed E-state index contributed by atoms with van der Waals surface area (Å²) in [7, 11) is 2.22. The largest absolute Gasteiger partial charge is 0.409 e. The molecule has 0 radical (unpaired) electrons. The molecule has 0 bridgehead atoms. The third-order valence-electron chi connectivity index (χ3n) is 4.17. The van der Waals surface area contributed by atoms with Gasteiger partial charge in [0.05, 0.1) is 0 Å². The first kappa shape index (κ1) is 11.7. The Kier molecular flexibility index (Phi) is 3.38. The fourth-order valence-corrected chi connectivity index (χ4v) is 2.99. The van der Waals surface area contributed by atoms with E-state index in [0.29, 0.717) is 11.3 Å². The summed E-state index contributed by atoms with van der Waals surface area (Å²) in [5, 5.41) is 11.7. The van der Waals surface area contributed by atoms with E-state index in [4.69, 9.17) is 10.9 Å². The fourth-order valence-electron chi connectivity index (χ4n) is 2.99. The van der Waals surface area contributed by atoms with Gasteiger partial charge in [0.15, 0.2) is 0 Å². The van der Waals surface area contributed by atoms with E-state index in [1.54, 1.807) is 0 Å². The van der Waals surface area contributed by atoms with Crippen molar-refractivity contribution in [2.45, 2.75) is 51.0 Å². The first-order valence-corrected chi connectivity index (χ1v) is 6.32. The second-order valence-corrected chi connectivity index (χ2v) is 5.62. The number of oxime groups is 1. The van der Waals surface area contributed by atoms with Crippen molar-refractivity contribution < 1.29 is 5.21 Å². The molecular formula is C12H23N3O. The Balaban J connectivity index is 1.83. The number of nitrogens with two attached hydrogens (primary N) is 1. The summed E-state index contributed by atoms with van der Waals surface area (Å²) < 4.78 is 0. The van der Waals surface area contributed by atoms with Crippen LogP contribution in [0.25, 0.3) is 0 Å². The summed E-state index contributed by atoms with van der Waals surface area (Å²) in [5.74, 6) is 0.386. The summed E-state index contributed by atoms with van der Waals surface area (Å²) in [4.78, 5) is 2.49. The molecule has 4 nitrogen and oxygen atoms in total. The highest BCUT2D eigenvalue weighted by Crippen LogP contribution is 2.49. The van der Waals surface area contributed by atoms with Crippen molar-refractivity contribution in [1.29, 1.82) is 0 Å². The lowest BCUT2D eigenvalue weighted by atomic mass is 10.00. The highest BCUT2D eigenvalue weighted by atomic mass is 16.4. The van der Waals surface area contributed by atoms with Crippen molar-refractivity contribution in [2.24, 2.45) is 16.3 Å². The molecule has 2 aliphatic rings. The first-order valence-electron chi connectivity index (χ1n) is 6.32. The van der Waals surface area contributed by atoms with Gasteiger partial charge in [0, 0.05) is 19.0 Å². The second kappa shape index (κ2) is 4.62. The lowest BCUT2D eigenvalue weighted by Gasteiger charge is -2.28. The normalized spacial score (nSPS) is 25.2. The predicted molar refractivity (Wildman–Crippen MR) is 64.6 cm³/mol. The lowest BCUT2D eigenvalue weighted by Crippen LogP contribution is -2.36. The molecule has 3 N–H and O–H groups in total. The molecule has 16 heavy (non-hydrogen) atoms. The topological polar surface area (TPSA) is 61.8 Å². The maximum Gasteiger partial charge on any atom is 0.139 e. The minimum atomic E-state index is 0.313. The predicted octanol–water partition coefficient (Wildman–Crippen LogP) is 1.78. The van der Waals surface area contributed by atoms with E-state index in [1.807, 2.05) is 0 Å². The molecule has 0 saturated heterocycles. The molecule has 4 heteroatoms. The van der Waals surface area contributed by atoms with E-state index >= 15 is 0 Å². The van der Waals surface area contributed by atoms with Gasteiger partial charge in [0.25, 0.3) is 0 Å². The van der Waals surface area contributed by atoms with Crippen LogP contribution in [-0.2, 0) is 0 Å². The molecule has 0 heterocycles. The number of rotatable bonds is 5. The van der Waals surface area contributed by atoms with Crippen LogP contribution in [0.5, 0.6) is 0 Å². The van der Waals surface area contributed by atoms with Gasteiger partial charge in [-0.3, -0.25) is 0 Å². The van der Waals surface area contributed by atoms with Crippen molar-refractivity contribution in [1.82, 2.24) is 4.90 Å². The van der Waals surface area contributed by atoms with Crippen LogP contribution in [0.2, 0.25) is 0 Å². The van der Waals surface area contributed by atoms with Gasteiger partial charge >= 0.3 is 0 Å². The Morgan fingerprint density at radius 3 is 2.56 bits per heavy atom. The molecule has 92 valence electrons. The minimum absolute atomic E-state index is 0.313. The Bertz CT molecular complexity index is 267. The molecule has 0 aromatic rings.